The lowest BCUT2D eigenvalue weighted by molar-refractivity contribution is -0.131. The van der Waals surface area contributed by atoms with Gasteiger partial charge >= 0.3 is 5.97 Å². The largest absolute Gasteiger partial charge is 0.478 e. The zero-order valence-corrected chi connectivity index (χ0v) is 6.99. The van der Waals surface area contributed by atoms with E-state index in [1.165, 1.54) is 17.2 Å². The fourth-order valence-electron chi connectivity index (χ4n) is 0.579. The monoisotopic (exact) mass is 181 g/mol. The van der Waals surface area contributed by atoms with E-state index in [9.17, 15) is 4.79 Å². The molecular formula is C8H7NO2S. The normalized spacial score (nSPS) is 10.3. The number of hydrogen-bond acceptors (Lipinski definition) is 3. The van der Waals surface area contributed by atoms with Gasteiger partial charge in [0, 0.05) is 12.3 Å². The van der Waals surface area contributed by atoms with Crippen molar-refractivity contribution < 1.29 is 9.90 Å². The molecule has 62 valence electrons. The maximum absolute atomic E-state index is 10.1. The van der Waals surface area contributed by atoms with Gasteiger partial charge in [0.05, 0.1) is 0 Å². The summed E-state index contributed by atoms with van der Waals surface area (Å²) in [7, 11) is 0. The van der Waals surface area contributed by atoms with Crippen LogP contribution in [-0.4, -0.2) is 16.1 Å². The fourth-order valence-corrected chi connectivity index (χ4v) is 1.18. The number of pyridine rings is 1. The number of nitrogens with zero attached hydrogens (tertiary/aromatic N) is 1. The number of thioether (sulfide) groups is 1. The van der Waals surface area contributed by atoms with E-state index in [-0.39, 0.29) is 0 Å². The zero-order chi connectivity index (χ0) is 8.81. The molecule has 0 fully saturated rings. The number of hydrogen-bond donors (Lipinski definition) is 1. The highest BCUT2D eigenvalue weighted by Crippen LogP contribution is 2.14. The van der Waals surface area contributed by atoms with Crippen LogP contribution in [0.1, 0.15) is 0 Å². The van der Waals surface area contributed by atoms with Gasteiger partial charge < -0.3 is 5.11 Å². The van der Waals surface area contributed by atoms with Crippen LogP contribution in [0.25, 0.3) is 0 Å². The van der Waals surface area contributed by atoms with Crippen molar-refractivity contribution in [2.75, 3.05) is 0 Å². The van der Waals surface area contributed by atoms with E-state index in [1.807, 2.05) is 18.2 Å². The molecule has 1 heterocycles. The average molecular weight is 181 g/mol. The molecule has 0 spiro atoms. The van der Waals surface area contributed by atoms with Gasteiger partial charge in [0.1, 0.15) is 5.03 Å². The van der Waals surface area contributed by atoms with E-state index < -0.39 is 5.97 Å². The Morgan fingerprint density at radius 3 is 3.00 bits per heavy atom. The highest BCUT2D eigenvalue weighted by Gasteiger charge is 1.89. The molecule has 0 aliphatic rings. The van der Waals surface area contributed by atoms with Gasteiger partial charge in [0.2, 0.25) is 0 Å². The highest BCUT2D eigenvalue weighted by atomic mass is 32.2. The summed E-state index contributed by atoms with van der Waals surface area (Å²) in [4.78, 5) is 14.1. The molecule has 4 heteroatoms. The second-order valence-corrected chi connectivity index (χ2v) is 2.85. The molecule has 1 aromatic rings. The standard InChI is InChI=1S/C8H7NO2S/c10-8(11)4-6-12-7-3-1-2-5-9-7/h1-6H,(H,10,11)/b6-4+. The first-order chi connectivity index (χ1) is 5.79. The molecule has 0 bridgehead atoms. The third-order valence-electron chi connectivity index (χ3n) is 1.04. The van der Waals surface area contributed by atoms with E-state index in [4.69, 9.17) is 5.11 Å². The molecule has 0 atom stereocenters. The van der Waals surface area contributed by atoms with E-state index in [0.29, 0.717) is 0 Å². The molecule has 0 amide bonds. The summed E-state index contributed by atoms with van der Waals surface area (Å²) in [6, 6.07) is 5.48. The van der Waals surface area contributed by atoms with Gasteiger partial charge in [-0.3, -0.25) is 0 Å². The lowest BCUT2D eigenvalue weighted by Crippen LogP contribution is -1.84. The van der Waals surface area contributed by atoms with Crippen LogP contribution in [0.4, 0.5) is 0 Å². The van der Waals surface area contributed by atoms with Gasteiger partial charge in [-0.05, 0) is 17.5 Å². The minimum Gasteiger partial charge on any atom is -0.478 e. The minimum absolute atomic E-state index is 0.787. The molecule has 0 saturated carbocycles. The van der Waals surface area contributed by atoms with Crippen LogP contribution in [0.3, 0.4) is 0 Å². The van der Waals surface area contributed by atoms with Crippen molar-refractivity contribution in [2.45, 2.75) is 5.03 Å². The number of aliphatic carboxylic acids is 1. The van der Waals surface area contributed by atoms with Crippen LogP contribution in [0.15, 0.2) is 40.9 Å². The van der Waals surface area contributed by atoms with Crippen LogP contribution in [0.2, 0.25) is 0 Å². The van der Waals surface area contributed by atoms with Crippen LogP contribution >= 0.6 is 11.8 Å². The Morgan fingerprint density at radius 1 is 1.58 bits per heavy atom. The summed E-state index contributed by atoms with van der Waals surface area (Å²) in [5.74, 6) is -0.946. The predicted octanol–water partition coefficient (Wildman–Crippen LogP) is 1.77. The first-order valence-electron chi connectivity index (χ1n) is 3.26. The number of rotatable bonds is 3. The topological polar surface area (TPSA) is 50.2 Å². The number of carboxylic acid groups (broad SMARTS) is 1. The maximum Gasteiger partial charge on any atom is 0.328 e. The van der Waals surface area contributed by atoms with Gasteiger partial charge in [-0.15, -0.1) is 0 Å². The second-order valence-electron chi connectivity index (χ2n) is 1.93. The van der Waals surface area contributed by atoms with Crippen molar-refractivity contribution in [1.82, 2.24) is 4.98 Å². The van der Waals surface area contributed by atoms with E-state index in [1.54, 1.807) is 6.20 Å². The lowest BCUT2D eigenvalue weighted by atomic mass is 10.5. The van der Waals surface area contributed by atoms with Crippen molar-refractivity contribution >= 4 is 17.7 Å². The smallest absolute Gasteiger partial charge is 0.328 e. The van der Waals surface area contributed by atoms with Crippen LogP contribution in [0.5, 0.6) is 0 Å². The van der Waals surface area contributed by atoms with E-state index >= 15 is 0 Å². The Hall–Kier alpha value is -1.29. The van der Waals surface area contributed by atoms with E-state index in [0.717, 1.165) is 11.1 Å². The number of aromatic nitrogens is 1. The Morgan fingerprint density at radius 2 is 2.42 bits per heavy atom. The summed E-state index contributed by atoms with van der Waals surface area (Å²) >= 11 is 1.28. The zero-order valence-electron chi connectivity index (χ0n) is 6.18. The first kappa shape index (κ1) is 8.80. The molecule has 0 radical (unpaired) electrons. The summed E-state index contributed by atoms with van der Waals surface area (Å²) in [6.07, 6.45) is 2.75. The van der Waals surface area contributed by atoms with Gasteiger partial charge in [-0.1, -0.05) is 17.8 Å². The van der Waals surface area contributed by atoms with E-state index in [2.05, 4.69) is 4.98 Å². The molecule has 0 aromatic carbocycles. The third-order valence-corrected chi connectivity index (χ3v) is 1.79. The number of carboxylic acids is 1. The Kier molecular flexibility index (Phi) is 3.35. The van der Waals surface area contributed by atoms with Crippen molar-refractivity contribution in [2.24, 2.45) is 0 Å². The SMILES string of the molecule is O=C(O)/C=C/Sc1ccccn1. The third kappa shape index (κ3) is 3.21. The van der Waals surface area contributed by atoms with Crippen molar-refractivity contribution in [3.8, 4) is 0 Å². The Labute approximate surface area is 74.1 Å². The van der Waals surface area contributed by atoms with Gasteiger partial charge in [0.25, 0.3) is 0 Å². The molecule has 0 aliphatic carbocycles. The van der Waals surface area contributed by atoms with Gasteiger partial charge in [-0.2, -0.15) is 0 Å². The summed E-state index contributed by atoms with van der Waals surface area (Å²) in [5.41, 5.74) is 0. The predicted molar refractivity (Wildman–Crippen MR) is 46.9 cm³/mol. The highest BCUT2D eigenvalue weighted by molar-refractivity contribution is 8.02. The van der Waals surface area contributed by atoms with Crippen molar-refractivity contribution in [3.63, 3.8) is 0 Å². The fraction of sp³-hybridized carbons (Fsp3) is 0. The second kappa shape index (κ2) is 4.56. The van der Waals surface area contributed by atoms with Crippen LogP contribution < -0.4 is 0 Å². The summed E-state index contributed by atoms with van der Waals surface area (Å²) in [5, 5.41) is 10.5. The molecule has 1 N–H and O–H groups in total. The number of carbonyl (C=O) groups is 1. The van der Waals surface area contributed by atoms with Crippen molar-refractivity contribution in [1.29, 1.82) is 0 Å². The molecule has 12 heavy (non-hydrogen) atoms. The van der Waals surface area contributed by atoms with Gasteiger partial charge in [0.15, 0.2) is 0 Å². The first-order valence-corrected chi connectivity index (χ1v) is 4.14. The molecule has 0 saturated heterocycles. The summed E-state index contributed by atoms with van der Waals surface area (Å²) < 4.78 is 0. The van der Waals surface area contributed by atoms with Crippen molar-refractivity contribution in [3.05, 3.63) is 35.9 Å². The lowest BCUT2D eigenvalue weighted by Gasteiger charge is -1.90. The van der Waals surface area contributed by atoms with Crippen LogP contribution in [0, 0.1) is 0 Å². The molecule has 1 rings (SSSR count). The molecule has 1 aromatic heterocycles. The molecular weight excluding hydrogens is 174 g/mol. The molecule has 0 unspecified atom stereocenters. The quantitative estimate of drug-likeness (QED) is 0.570. The Bertz CT molecular complexity index is 284. The maximum atomic E-state index is 10.1. The average Bonchev–Trinajstić information content (AvgIpc) is 2.05. The van der Waals surface area contributed by atoms with Crippen LogP contribution in [-0.2, 0) is 4.79 Å². The molecule has 0 aliphatic heterocycles. The Balaban J connectivity index is 2.49. The summed E-state index contributed by atoms with van der Waals surface area (Å²) in [6.45, 7) is 0. The van der Waals surface area contributed by atoms with Gasteiger partial charge in [-0.25, -0.2) is 9.78 Å². The molecule has 3 nitrogen and oxygen atoms in total. The minimum atomic E-state index is -0.946.